The Kier molecular flexibility index (Phi) is 5.72. The highest BCUT2D eigenvalue weighted by molar-refractivity contribution is 14.1. The van der Waals surface area contributed by atoms with Crippen molar-refractivity contribution in [1.82, 2.24) is 5.32 Å². The van der Waals surface area contributed by atoms with Gasteiger partial charge in [-0.1, -0.05) is 36.4 Å². The molecule has 0 unspecified atom stereocenters. The van der Waals surface area contributed by atoms with Crippen molar-refractivity contribution in [2.45, 2.75) is 34.1 Å². The highest BCUT2D eigenvalue weighted by atomic mass is 127. The van der Waals surface area contributed by atoms with Gasteiger partial charge in [0.1, 0.15) is 0 Å². The number of alkyl halides is 1. The van der Waals surface area contributed by atoms with Crippen LogP contribution in [0.5, 0.6) is 0 Å². The third-order valence-corrected chi connectivity index (χ3v) is 3.00. The van der Waals surface area contributed by atoms with E-state index in [1.807, 2.05) is 0 Å². The number of carboxylic acid groups (broad SMARTS) is 1. The zero-order chi connectivity index (χ0) is 13.0. The van der Waals surface area contributed by atoms with Gasteiger partial charge in [-0.3, -0.25) is 9.59 Å². The van der Waals surface area contributed by atoms with Gasteiger partial charge in [0.2, 0.25) is 5.91 Å². The molecule has 0 aromatic carbocycles. The summed E-state index contributed by atoms with van der Waals surface area (Å²) in [7, 11) is 0. The monoisotopic (exact) mass is 341 g/mol. The van der Waals surface area contributed by atoms with Crippen molar-refractivity contribution >= 4 is 34.5 Å². The maximum Gasteiger partial charge on any atom is 0.309 e. The zero-order valence-corrected chi connectivity index (χ0v) is 12.4. The molecule has 0 fully saturated rings. The van der Waals surface area contributed by atoms with E-state index >= 15 is 0 Å². The second-order valence-corrected chi connectivity index (χ2v) is 6.27. The molecule has 0 rings (SSSR count). The molecule has 1 amide bonds. The summed E-state index contributed by atoms with van der Waals surface area (Å²) >= 11 is 2.18. The molecule has 4 nitrogen and oxygen atoms in total. The van der Waals surface area contributed by atoms with E-state index in [0.717, 1.165) is 4.43 Å². The van der Waals surface area contributed by atoms with Crippen LogP contribution in [0.4, 0.5) is 0 Å². The van der Waals surface area contributed by atoms with E-state index in [2.05, 4.69) is 27.9 Å². The highest BCUT2D eigenvalue weighted by Crippen LogP contribution is 2.33. The molecule has 0 saturated heterocycles. The van der Waals surface area contributed by atoms with E-state index in [9.17, 15) is 9.59 Å². The summed E-state index contributed by atoms with van der Waals surface area (Å²) in [4.78, 5) is 22.8. The van der Waals surface area contributed by atoms with E-state index in [4.69, 9.17) is 5.11 Å². The van der Waals surface area contributed by atoms with Crippen LogP contribution in [0.15, 0.2) is 0 Å². The minimum atomic E-state index is -0.884. The fraction of sp³-hybridized carbons (Fsp3) is 0.818. The van der Waals surface area contributed by atoms with Crippen molar-refractivity contribution < 1.29 is 14.7 Å². The van der Waals surface area contributed by atoms with E-state index in [1.54, 1.807) is 27.7 Å². The quantitative estimate of drug-likeness (QED) is 0.574. The molecule has 5 heteroatoms. The summed E-state index contributed by atoms with van der Waals surface area (Å²) in [5.41, 5.74) is -1.54. The minimum Gasteiger partial charge on any atom is -0.481 e. The maximum absolute atomic E-state index is 11.8. The molecule has 0 aromatic rings. The minimum absolute atomic E-state index is 0.0847. The zero-order valence-electron chi connectivity index (χ0n) is 10.3. The molecule has 94 valence electrons. The second kappa shape index (κ2) is 5.84. The Morgan fingerprint density at radius 1 is 1.19 bits per heavy atom. The molecule has 16 heavy (non-hydrogen) atoms. The summed E-state index contributed by atoms with van der Waals surface area (Å²) in [6.45, 7) is 7.46. The standard InChI is InChI=1S/C11H20INO3/c1-10(2,8(14)13-6-5-12)7-11(3,4)9(15)16/h5-7H2,1-4H3,(H,13,14)(H,15,16). The predicted molar refractivity (Wildman–Crippen MR) is 71.7 cm³/mol. The van der Waals surface area contributed by atoms with Crippen molar-refractivity contribution in [3.05, 3.63) is 0 Å². The van der Waals surface area contributed by atoms with Crippen molar-refractivity contribution in [3.63, 3.8) is 0 Å². The smallest absolute Gasteiger partial charge is 0.309 e. The lowest BCUT2D eigenvalue weighted by Gasteiger charge is -2.30. The Hall–Kier alpha value is -0.330. The Morgan fingerprint density at radius 2 is 1.69 bits per heavy atom. The molecule has 0 spiro atoms. The maximum atomic E-state index is 11.8. The topological polar surface area (TPSA) is 66.4 Å². The molecule has 0 aliphatic heterocycles. The summed E-state index contributed by atoms with van der Waals surface area (Å²) in [5, 5.41) is 11.8. The van der Waals surface area contributed by atoms with E-state index in [0.29, 0.717) is 13.0 Å². The van der Waals surface area contributed by atoms with Crippen LogP contribution in [0, 0.1) is 10.8 Å². The normalized spacial score (nSPS) is 12.3. The number of hydrogen-bond acceptors (Lipinski definition) is 2. The number of carboxylic acids is 1. The number of nitrogens with one attached hydrogen (secondary N) is 1. The third-order valence-electron chi connectivity index (χ3n) is 2.46. The first kappa shape index (κ1) is 15.7. The fourth-order valence-electron chi connectivity index (χ4n) is 1.66. The summed E-state index contributed by atoms with van der Waals surface area (Å²) in [6, 6.07) is 0. The van der Waals surface area contributed by atoms with Crippen LogP contribution in [0.3, 0.4) is 0 Å². The average molecular weight is 341 g/mol. The molecule has 0 saturated carbocycles. The first-order valence-electron chi connectivity index (χ1n) is 5.21. The molecule has 0 atom stereocenters. The Labute approximate surface area is 110 Å². The number of rotatable bonds is 6. The predicted octanol–water partition coefficient (Wildman–Crippen LogP) is 2.06. The molecule has 0 heterocycles. The van der Waals surface area contributed by atoms with Crippen molar-refractivity contribution in [1.29, 1.82) is 0 Å². The molecule has 0 radical (unpaired) electrons. The number of carbonyl (C=O) groups excluding carboxylic acids is 1. The lowest BCUT2D eigenvalue weighted by molar-refractivity contribution is -0.149. The Morgan fingerprint density at radius 3 is 2.06 bits per heavy atom. The summed E-state index contributed by atoms with van der Waals surface area (Å²) in [5.74, 6) is -0.958. The molecule has 2 N–H and O–H groups in total. The molecule has 0 aromatic heterocycles. The van der Waals surface area contributed by atoms with Gasteiger partial charge in [-0.05, 0) is 20.3 Å². The van der Waals surface area contributed by atoms with E-state index in [-0.39, 0.29) is 5.91 Å². The first-order chi connectivity index (χ1) is 7.13. The van der Waals surface area contributed by atoms with Crippen molar-refractivity contribution in [3.8, 4) is 0 Å². The van der Waals surface area contributed by atoms with Crippen LogP contribution in [-0.4, -0.2) is 28.0 Å². The average Bonchev–Trinajstić information content (AvgIpc) is 2.12. The van der Waals surface area contributed by atoms with Gasteiger partial charge >= 0.3 is 5.97 Å². The molecular weight excluding hydrogens is 321 g/mol. The van der Waals surface area contributed by atoms with Gasteiger partial charge in [-0.15, -0.1) is 0 Å². The van der Waals surface area contributed by atoms with Gasteiger partial charge in [0, 0.05) is 16.4 Å². The molecule has 0 bridgehead atoms. The second-order valence-electron chi connectivity index (χ2n) is 5.19. The number of aliphatic carboxylic acids is 1. The van der Waals surface area contributed by atoms with Gasteiger partial charge in [-0.2, -0.15) is 0 Å². The summed E-state index contributed by atoms with van der Waals surface area (Å²) in [6.07, 6.45) is 0.322. The van der Waals surface area contributed by atoms with Crippen LogP contribution < -0.4 is 5.32 Å². The van der Waals surface area contributed by atoms with Gasteiger partial charge in [0.15, 0.2) is 0 Å². The highest BCUT2D eigenvalue weighted by Gasteiger charge is 2.38. The van der Waals surface area contributed by atoms with Crippen molar-refractivity contribution in [2.75, 3.05) is 11.0 Å². The number of amides is 1. The fourth-order valence-corrected chi connectivity index (χ4v) is 1.93. The first-order valence-corrected chi connectivity index (χ1v) is 6.74. The number of hydrogen-bond donors (Lipinski definition) is 2. The van der Waals surface area contributed by atoms with E-state index < -0.39 is 16.8 Å². The van der Waals surface area contributed by atoms with Gasteiger partial charge in [0.05, 0.1) is 5.41 Å². The van der Waals surface area contributed by atoms with Crippen LogP contribution in [-0.2, 0) is 9.59 Å². The number of halogens is 1. The van der Waals surface area contributed by atoms with Gasteiger partial charge in [0.25, 0.3) is 0 Å². The molecule has 0 aliphatic rings. The van der Waals surface area contributed by atoms with E-state index in [1.165, 1.54) is 0 Å². The van der Waals surface area contributed by atoms with Crippen LogP contribution >= 0.6 is 22.6 Å². The third kappa shape index (κ3) is 4.67. The molecular formula is C11H20INO3. The Balaban J connectivity index is 4.55. The SMILES string of the molecule is CC(C)(CC(C)(C)C(=O)NCCI)C(=O)O. The van der Waals surface area contributed by atoms with Crippen LogP contribution in [0.2, 0.25) is 0 Å². The Bertz CT molecular complexity index is 274. The summed E-state index contributed by atoms with van der Waals surface area (Å²) < 4.78 is 0.849. The van der Waals surface area contributed by atoms with Crippen LogP contribution in [0.25, 0.3) is 0 Å². The lowest BCUT2D eigenvalue weighted by Crippen LogP contribution is -2.42. The van der Waals surface area contributed by atoms with Crippen LogP contribution in [0.1, 0.15) is 34.1 Å². The largest absolute Gasteiger partial charge is 0.481 e. The van der Waals surface area contributed by atoms with Gasteiger partial charge in [-0.25, -0.2) is 0 Å². The van der Waals surface area contributed by atoms with Gasteiger partial charge < -0.3 is 10.4 Å². The molecule has 0 aliphatic carbocycles. The lowest BCUT2D eigenvalue weighted by atomic mass is 9.74. The number of carbonyl (C=O) groups is 2. The van der Waals surface area contributed by atoms with Crippen molar-refractivity contribution in [2.24, 2.45) is 10.8 Å².